The van der Waals surface area contributed by atoms with E-state index in [1.54, 1.807) is 6.07 Å². The molecule has 1 N–H and O–H groups in total. The van der Waals surface area contributed by atoms with Gasteiger partial charge in [-0.2, -0.15) is 13.2 Å². The zero-order valence-corrected chi connectivity index (χ0v) is 10.8. The van der Waals surface area contributed by atoms with Crippen molar-refractivity contribution in [2.45, 2.75) is 25.1 Å². The SMILES string of the molecule is FC(F)(F)c1cc(Cl)cc(NC2CC3CC=CC32)c1. The zero-order chi connectivity index (χ0) is 13.6. The molecule has 3 rings (SSSR count). The average molecular weight is 288 g/mol. The number of benzene rings is 1. The second-order valence-electron chi connectivity index (χ2n) is 5.21. The Morgan fingerprint density at radius 2 is 2.00 bits per heavy atom. The largest absolute Gasteiger partial charge is 0.416 e. The molecule has 1 saturated carbocycles. The van der Waals surface area contributed by atoms with Crippen LogP contribution in [-0.4, -0.2) is 6.04 Å². The third kappa shape index (κ3) is 2.46. The minimum absolute atomic E-state index is 0.107. The molecule has 3 unspecified atom stereocenters. The molecule has 2 aliphatic carbocycles. The smallest absolute Gasteiger partial charge is 0.382 e. The monoisotopic (exact) mass is 287 g/mol. The van der Waals surface area contributed by atoms with Crippen LogP contribution in [0.4, 0.5) is 18.9 Å². The number of alkyl halides is 3. The lowest BCUT2D eigenvalue weighted by atomic mass is 9.71. The number of hydrogen-bond acceptors (Lipinski definition) is 1. The molecule has 2 aliphatic rings. The van der Waals surface area contributed by atoms with Crippen LogP contribution in [0, 0.1) is 11.8 Å². The molecule has 0 aliphatic heterocycles. The molecule has 0 heterocycles. The number of halogens is 4. The molecule has 0 amide bonds. The van der Waals surface area contributed by atoms with Gasteiger partial charge in [-0.3, -0.25) is 0 Å². The van der Waals surface area contributed by atoms with Crippen molar-refractivity contribution in [1.82, 2.24) is 0 Å². The van der Waals surface area contributed by atoms with Crippen LogP contribution in [0.15, 0.2) is 30.4 Å². The van der Waals surface area contributed by atoms with E-state index in [9.17, 15) is 13.2 Å². The molecule has 1 nitrogen and oxygen atoms in total. The van der Waals surface area contributed by atoms with Gasteiger partial charge in [0.15, 0.2) is 0 Å². The molecule has 5 heteroatoms. The molecule has 0 saturated heterocycles. The summed E-state index contributed by atoms with van der Waals surface area (Å²) in [6.07, 6.45) is 2.03. The second kappa shape index (κ2) is 4.44. The number of rotatable bonds is 2. The van der Waals surface area contributed by atoms with Crippen LogP contribution in [0.3, 0.4) is 0 Å². The normalized spacial score (nSPS) is 28.9. The fourth-order valence-corrected chi connectivity index (χ4v) is 3.17. The number of allylic oxidation sites excluding steroid dienone is 1. The van der Waals surface area contributed by atoms with E-state index in [4.69, 9.17) is 11.6 Å². The zero-order valence-electron chi connectivity index (χ0n) is 10.0. The standard InChI is InChI=1S/C14H13ClF3N/c15-10-5-9(14(16,17)18)6-11(7-10)19-13-4-8-2-1-3-12(8)13/h1,3,5-8,12-13,19H,2,4H2. The summed E-state index contributed by atoms with van der Waals surface area (Å²) in [5.74, 6) is 1.12. The van der Waals surface area contributed by atoms with Crippen molar-refractivity contribution < 1.29 is 13.2 Å². The number of hydrogen-bond donors (Lipinski definition) is 1. The van der Waals surface area contributed by atoms with Crippen molar-refractivity contribution in [3.8, 4) is 0 Å². The first kappa shape index (κ1) is 12.9. The van der Waals surface area contributed by atoms with E-state index in [0.717, 1.165) is 25.0 Å². The van der Waals surface area contributed by atoms with E-state index in [0.29, 0.717) is 17.5 Å². The number of nitrogens with one attached hydrogen (secondary N) is 1. The van der Waals surface area contributed by atoms with Gasteiger partial charge < -0.3 is 5.32 Å². The molecule has 0 aromatic heterocycles. The fourth-order valence-electron chi connectivity index (χ4n) is 2.93. The predicted octanol–water partition coefficient (Wildman–Crippen LogP) is 4.74. The minimum atomic E-state index is -4.36. The number of anilines is 1. The molecule has 1 fully saturated rings. The predicted molar refractivity (Wildman–Crippen MR) is 69.2 cm³/mol. The Morgan fingerprint density at radius 1 is 1.21 bits per heavy atom. The first-order chi connectivity index (χ1) is 8.93. The van der Waals surface area contributed by atoms with Gasteiger partial charge >= 0.3 is 6.18 Å². The molecule has 19 heavy (non-hydrogen) atoms. The highest BCUT2D eigenvalue weighted by molar-refractivity contribution is 6.30. The van der Waals surface area contributed by atoms with E-state index >= 15 is 0 Å². The Labute approximate surface area is 114 Å². The van der Waals surface area contributed by atoms with Crippen LogP contribution in [-0.2, 0) is 6.18 Å². The third-order valence-corrected chi connectivity index (χ3v) is 4.16. The van der Waals surface area contributed by atoms with Crippen molar-refractivity contribution in [2.24, 2.45) is 11.8 Å². The van der Waals surface area contributed by atoms with E-state index in [1.165, 1.54) is 0 Å². The first-order valence-corrected chi connectivity index (χ1v) is 6.62. The highest BCUT2D eigenvalue weighted by Crippen LogP contribution is 2.44. The third-order valence-electron chi connectivity index (χ3n) is 3.94. The lowest BCUT2D eigenvalue weighted by Crippen LogP contribution is -2.43. The summed E-state index contributed by atoms with van der Waals surface area (Å²) in [6.45, 7) is 0. The molecule has 102 valence electrons. The van der Waals surface area contributed by atoms with Crippen molar-refractivity contribution >= 4 is 17.3 Å². The average Bonchev–Trinajstić information content (AvgIpc) is 2.66. The van der Waals surface area contributed by atoms with Gasteiger partial charge in [-0.25, -0.2) is 0 Å². The second-order valence-corrected chi connectivity index (χ2v) is 5.65. The van der Waals surface area contributed by atoms with Gasteiger partial charge in [0.05, 0.1) is 5.56 Å². The molecular formula is C14H13ClF3N. The molecular weight excluding hydrogens is 275 g/mol. The summed E-state index contributed by atoms with van der Waals surface area (Å²) >= 11 is 5.76. The van der Waals surface area contributed by atoms with Gasteiger partial charge in [0, 0.05) is 22.7 Å². The van der Waals surface area contributed by atoms with E-state index in [1.807, 2.05) is 0 Å². The lowest BCUT2D eigenvalue weighted by Gasteiger charge is -2.41. The van der Waals surface area contributed by atoms with Crippen LogP contribution in [0.1, 0.15) is 18.4 Å². The summed E-state index contributed by atoms with van der Waals surface area (Å²) in [6, 6.07) is 3.84. The molecule has 0 radical (unpaired) electrons. The van der Waals surface area contributed by atoms with Gasteiger partial charge in [-0.15, -0.1) is 0 Å². The summed E-state index contributed by atoms with van der Waals surface area (Å²) in [4.78, 5) is 0. The van der Waals surface area contributed by atoms with Crippen molar-refractivity contribution in [3.63, 3.8) is 0 Å². The van der Waals surface area contributed by atoms with Crippen LogP contribution in [0.5, 0.6) is 0 Å². The quantitative estimate of drug-likeness (QED) is 0.775. The van der Waals surface area contributed by atoms with Crippen molar-refractivity contribution in [3.05, 3.63) is 40.9 Å². The van der Waals surface area contributed by atoms with E-state index < -0.39 is 11.7 Å². The van der Waals surface area contributed by atoms with Crippen LogP contribution in [0.2, 0.25) is 5.02 Å². The van der Waals surface area contributed by atoms with Gasteiger partial charge in [-0.1, -0.05) is 23.8 Å². The molecule has 0 bridgehead atoms. The van der Waals surface area contributed by atoms with E-state index in [-0.39, 0.29) is 11.1 Å². The van der Waals surface area contributed by atoms with Crippen molar-refractivity contribution in [2.75, 3.05) is 5.32 Å². The summed E-state index contributed by atoms with van der Waals surface area (Å²) in [5, 5.41) is 3.27. The number of fused-ring (bicyclic) bond motifs is 1. The highest BCUT2D eigenvalue weighted by atomic mass is 35.5. The van der Waals surface area contributed by atoms with Gasteiger partial charge in [0.2, 0.25) is 0 Å². The summed E-state index contributed by atoms with van der Waals surface area (Å²) < 4.78 is 38.1. The molecule has 3 atom stereocenters. The minimum Gasteiger partial charge on any atom is -0.382 e. The Hall–Kier alpha value is -1.16. The first-order valence-electron chi connectivity index (χ1n) is 6.24. The summed E-state index contributed by atoms with van der Waals surface area (Å²) in [5.41, 5.74) is -0.260. The van der Waals surface area contributed by atoms with Crippen molar-refractivity contribution in [1.29, 1.82) is 0 Å². The van der Waals surface area contributed by atoms with Crippen LogP contribution < -0.4 is 5.32 Å². The Bertz CT molecular complexity index is 524. The van der Waals surface area contributed by atoms with Gasteiger partial charge in [0.1, 0.15) is 0 Å². The van der Waals surface area contributed by atoms with E-state index in [2.05, 4.69) is 17.5 Å². The lowest BCUT2D eigenvalue weighted by molar-refractivity contribution is -0.137. The summed E-state index contributed by atoms with van der Waals surface area (Å²) in [7, 11) is 0. The van der Waals surface area contributed by atoms with Crippen LogP contribution >= 0.6 is 11.6 Å². The van der Waals surface area contributed by atoms with Crippen LogP contribution in [0.25, 0.3) is 0 Å². The fraction of sp³-hybridized carbons (Fsp3) is 0.429. The van der Waals surface area contributed by atoms with Gasteiger partial charge in [0.25, 0.3) is 0 Å². The molecule has 1 aromatic rings. The Balaban J connectivity index is 1.78. The topological polar surface area (TPSA) is 12.0 Å². The Morgan fingerprint density at radius 3 is 2.68 bits per heavy atom. The maximum absolute atomic E-state index is 12.7. The molecule has 0 spiro atoms. The van der Waals surface area contributed by atoms with Gasteiger partial charge in [-0.05, 0) is 37.0 Å². The Kier molecular flexibility index (Phi) is 3.01. The molecule has 1 aromatic carbocycles. The maximum Gasteiger partial charge on any atom is 0.416 e. The highest BCUT2D eigenvalue weighted by Gasteiger charge is 2.41. The maximum atomic E-state index is 12.7.